The lowest BCUT2D eigenvalue weighted by atomic mass is 9.92. The maximum atomic E-state index is 13.7. The second-order valence-corrected chi connectivity index (χ2v) is 9.40. The van der Waals surface area contributed by atoms with E-state index in [0.717, 1.165) is 6.04 Å². The summed E-state index contributed by atoms with van der Waals surface area (Å²) in [7, 11) is 5.75. The Kier molecular flexibility index (Phi) is 8.22. The Morgan fingerprint density at radius 2 is 1.92 bits per heavy atom. The highest BCUT2D eigenvalue weighted by molar-refractivity contribution is 5.65. The van der Waals surface area contributed by atoms with Gasteiger partial charge in [-0.3, -0.25) is 4.98 Å². The highest BCUT2D eigenvalue weighted by Gasteiger charge is 2.34. The molecule has 196 valence electrons. The number of rotatable bonds is 7. The van der Waals surface area contributed by atoms with Crippen LogP contribution in [0.25, 0.3) is 0 Å². The molecule has 1 aromatic carbocycles. The molecule has 3 aromatic rings. The maximum Gasteiger partial charge on any atom is 0.252 e. The summed E-state index contributed by atoms with van der Waals surface area (Å²) < 4.78 is 32.5. The van der Waals surface area contributed by atoms with E-state index in [2.05, 4.69) is 49.8 Å². The Labute approximate surface area is 214 Å². The quantitative estimate of drug-likeness (QED) is 0.373. The highest BCUT2D eigenvalue weighted by Crippen LogP contribution is 2.34. The number of aryl methyl sites for hydroxylation is 1. The van der Waals surface area contributed by atoms with E-state index >= 15 is 0 Å². The van der Waals surface area contributed by atoms with E-state index in [1.54, 1.807) is 36.7 Å². The van der Waals surface area contributed by atoms with Gasteiger partial charge >= 0.3 is 0 Å². The number of nitrogens with one attached hydrogen (secondary N) is 2. The van der Waals surface area contributed by atoms with E-state index in [1.165, 1.54) is 32.4 Å². The fraction of sp³-hybridized carbons (Fsp3) is 0.423. The van der Waals surface area contributed by atoms with Crippen molar-refractivity contribution in [2.24, 2.45) is 5.18 Å². The van der Waals surface area contributed by atoms with Gasteiger partial charge < -0.3 is 20.3 Å². The van der Waals surface area contributed by atoms with Gasteiger partial charge in [0.25, 0.3) is 5.92 Å². The largest absolute Gasteiger partial charge is 0.494 e. The second-order valence-electron chi connectivity index (χ2n) is 9.40. The molecule has 0 unspecified atom stereocenters. The maximum absolute atomic E-state index is 13.7. The predicted molar refractivity (Wildman–Crippen MR) is 140 cm³/mol. The van der Waals surface area contributed by atoms with Crippen LogP contribution >= 0.6 is 0 Å². The molecule has 9 nitrogen and oxygen atoms in total. The molecule has 37 heavy (non-hydrogen) atoms. The molecule has 2 aromatic heterocycles. The van der Waals surface area contributed by atoms with Crippen LogP contribution < -0.4 is 15.4 Å². The molecule has 0 aliphatic heterocycles. The molecule has 0 spiro atoms. The van der Waals surface area contributed by atoms with E-state index < -0.39 is 5.92 Å². The number of hydrogen-bond donors (Lipinski definition) is 2. The molecular weight excluding hydrogens is 480 g/mol. The fourth-order valence-electron chi connectivity index (χ4n) is 4.15. The first kappa shape index (κ1) is 26.3. The van der Waals surface area contributed by atoms with E-state index in [9.17, 15) is 13.7 Å². The van der Waals surface area contributed by atoms with Crippen LogP contribution in [0.2, 0.25) is 0 Å². The van der Waals surface area contributed by atoms with Gasteiger partial charge in [0.2, 0.25) is 5.95 Å². The zero-order chi connectivity index (χ0) is 26.4. The first-order chi connectivity index (χ1) is 17.8. The Bertz CT molecular complexity index is 1240. The molecule has 2 heterocycles. The minimum atomic E-state index is -2.70. The summed E-state index contributed by atoms with van der Waals surface area (Å²) in [6, 6.07) is 9.02. The Balaban J connectivity index is 0.000000396. The van der Waals surface area contributed by atoms with Crippen LogP contribution in [0.15, 0.2) is 47.9 Å². The second kappa shape index (κ2) is 11.5. The standard InChI is InChI=1S/C20H18F2N6O2.C6H13N/c1-30-17-9-13(2-3-16(17)28-29)26-19-23-7-5-18(27-19)25-14-8-12-10-20(21,22)6-4-15(12)24-11-14;1-7(2)6-4-3-5-6/h2-3,5,7-9,11H,4,6,10H2,1H3,(H2,23,25,26,27);6H,3-5H2,1-2H3. The van der Waals surface area contributed by atoms with Gasteiger partial charge in [0.1, 0.15) is 17.3 Å². The van der Waals surface area contributed by atoms with Crippen LogP contribution in [-0.2, 0) is 12.8 Å². The lowest BCUT2D eigenvalue weighted by Crippen LogP contribution is -2.33. The zero-order valence-corrected chi connectivity index (χ0v) is 21.2. The molecule has 0 amide bonds. The molecule has 5 rings (SSSR count). The molecule has 0 atom stereocenters. The lowest BCUT2D eigenvalue weighted by Gasteiger charge is -2.31. The lowest BCUT2D eigenvalue weighted by molar-refractivity contribution is -0.0127. The van der Waals surface area contributed by atoms with Gasteiger partial charge in [-0.15, -0.1) is 4.91 Å². The van der Waals surface area contributed by atoms with E-state index in [1.807, 2.05) is 0 Å². The summed E-state index contributed by atoms with van der Waals surface area (Å²) in [5.41, 5.74) is 2.61. The smallest absolute Gasteiger partial charge is 0.252 e. The molecular formula is C26H31F2N7O2. The molecule has 11 heteroatoms. The summed E-state index contributed by atoms with van der Waals surface area (Å²) in [5, 5.41) is 8.98. The SMILES string of the molecule is CN(C)C1CCC1.COc1cc(Nc2nccc(Nc3cnc4c(c3)CC(F)(F)CC4)n2)ccc1N=O. The number of alkyl halides is 2. The van der Waals surface area contributed by atoms with Crippen molar-refractivity contribution in [3.8, 4) is 5.75 Å². The van der Waals surface area contributed by atoms with Gasteiger partial charge in [0, 0.05) is 42.5 Å². The van der Waals surface area contributed by atoms with E-state index in [-0.39, 0.29) is 24.9 Å². The van der Waals surface area contributed by atoms with E-state index in [0.29, 0.717) is 40.1 Å². The highest BCUT2D eigenvalue weighted by atomic mass is 19.3. The van der Waals surface area contributed by atoms with Crippen LogP contribution in [0.3, 0.4) is 0 Å². The Hall–Kier alpha value is -3.73. The predicted octanol–water partition coefficient (Wildman–Crippen LogP) is 5.99. The number of anilines is 4. The van der Waals surface area contributed by atoms with Crippen LogP contribution in [0, 0.1) is 4.91 Å². The van der Waals surface area contributed by atoms with Gasteiger partial charge in [-0.1, -0.05) is 6.42 Å². The number of ether oxygens (including phenoxy) is 1. The normalized spacial score (nSPS) is 16.1. The van der Waals surface area contributed by atoms with Crippen molar-refractivity contribution >= 4 is 28.8 Å². The van der Waals surface area contributed by atoms with Gasteiger partial charge in [-0.25, -0.2) is 13.8 Å². The monoisotopic (exact) mass is 511 g/mol. The molecule has 1 fully saturated rings. The number of nitrogens with zero attached hydrogens (tertiary/aromatic N) is 5. The number of halogens is 2. The van der Waals surface area contributed by atoms with Crippen molar-refractivity contribution < 1.29 is 13.5 Å². The van der Waals surface area contributed by atoms with E-state index in [4.69, 9.17) is 4.74 Å². The topological polar surface area (TPSA) is 105 Å². The number of benzene rings is 1. The molecule has 0 saturated heterocycles. The molecule has 2 aliphatic rings. The van der Waals surface area contributed by atoms with Crippen molar-refractivity contribution in [2.45, 2.75) is 50.5 Å². The van der Waals surface area contributed by atoms with Crippen molar-refractivity contribution in [2.75, 3.05) is 31.8 Å². The Morgan fingerprint density at radius 3 is 2.57 bits per heavy atom. The molecule has 2 N–H and O–H groups in total. The van der Waals surface area contributed by atoms with Gasteiger partial charge in [0.15, 0.2) is 0 Å². The third kappa shape index (κ3) is 6.94. The number of fused-ring (bicyclic) bond motifs is 1. The number of nitroso groups, excluding NO2 is 1. The van der Waals surface area contributed by atoms with Crippen LogP contribution in [0.5, 0.6) is 5.75 Å². The third-order valence-electron chi connectivity index (χ3n) is 6.50. The van der Waals surface area contributed by atoms with Crippen molar-refractivity contribution in [1.82, 2.24) is 19.9 Å². The molecule has 1 saturated carbocycles. The average molecular weight is 512 g/mol. The van der Waals surface area contributed by atoms with Crippen LogP contribution in [-0.4, -0.2) is 53.0 Å². The summed E-state index contributed by atoms with van der Waals surface area (Å²) in [6.07, 6.45) is 7.24. The average Bonchev–Trinajstić information content (AvgIpc) is 2.82. The summed E-state index contributed by atoms with van der Waals surface area (Å²) in [4.78, 5) is 25.9. The molecule has 0 bridgehead atoms. The first-order valence-electron chi connectivity index (χ1n) is 12.2. The molecule has 2 aliphatic carbocycles. The first-order valence-corrected chi connectivity index (χ1v) is 12.2. The number of methoxy groups -OCH3 is 1. The summed E-state index contributed by atoms with van der Waals surface area (Å²) in [5.74, 6) is -1.61. The van der Waals surface area contributed by atoms with Gasteiger partial charge in [-0.05, 0) is 68.4 Å². The van der Waals surface area contributed by atoms with Crippen molar-refractivity contribution in [3.63, 3.8) is 0 Å². The molecule has 0 radical (unpaired) electrons. The minimum absolute atomic E-state index is 0.171. The fourth-order valence-corrected chi connectivity index (χ4v) is 4.15. The zero-order valence-electron chi connectivity index (χ0n) is 21.2. The summed E-state index contributed by atoms with van der Waals surface area (Å²) >= 11 is 0. The third-order valence-corrected chi connectivity index (χ3v) is 6.50. The van der Waals surface area contributed by atoms with Crippen LogP contribution in [0.4, 0.5) is 37.6 Å². The van der Waals surface area contributed by atoms with Crippen molar-refractivity contribution in [3.05, 3.63) is 58.9 Å². The van der Waals surface area contributed by atoms with Crippen molar-refractivity contribution in [1.29, 1.82) is 0 Å². The Morgan fingerprint density at radius 1 is 1.11 bits per heavy atom. The number of aromatic nitrogens is 3. The van der Waals surface area contributed by atoms with Gasteiger partial charge in [-0.2, -0.15) is 4.98 Å². The van der Waals surface area contributed by atoms with Gasteiger partial charge in [0.05, 0.1) is 19.0 Å². The minimum Gasteiger partial charge on any atom is -0.494 e. The van der Waals surface area contributed by atoms with Crippen LogP contribution in [0.1, 0.15) is 36.9 Å². The number of hydrogen-bond acceptors (Lipinski definition) is 9. The summed E-state index contributed by atoms with van der Waals surface area (Å²) in [6.45, 7) is 0. The number of pyridine rings is 1.